The summed E-state index contributed by atoms with van der Waals surface area (Å²) in [6, 6.07) is 0. The number of nitrogens with one attached hydrogen (secondary N) is 1. The summed E-state index contributed by atoms with van der Waals surface area (Å²) in [5.41, 5.74) is 1.56. The van der Waals surface area contributed by atoms with E-state index in [1.807, 2.05) is 0 Å². The summed E-state index contributed by atoms with van der Waals surface area (Å²) in [4.78, 5) is 10.4. The molecule has 4 heteroatoms. The normalized spacial score (nSPS) is 9.40. The van der Waals surface area contributed by atoms with Crippen molar-refractivity contribution in [3.63, 3.8) is 0 Å². The fourth-order valence-electron chi connectivity index (χ4n) is 0.588. The molecule has 2 N–H and O–H groups in total. The topological polar surface area (TPSA) is 58.6 Å². The highest BCUT2D eigenvalue weighted by molar-refractivity contribution is 5.74. The van der Waals surface area contributed by atoms with Crippen molar-refractivity contribution in [2.75, 3.05) is 13.7 Å². The van der Waals surface area contributed by atoms with Crippen LogP contribution >= 0.6 is 0 Å². The number of hydrogen-bond acceptors (Lipinski definition) is 3. The number of carbonyl (C=O) groups is 1. The Hall–Kier alpha value is -0.610. The monoisotopic (exact) mass is 147 g/mol. The summed E-state index contributed by atoms with van der Waals surface area (Å²) in [5.74, 6) is -0.337. The fourth-order valence-corrected chi connectivity index (χ4v) is 0.588. The van der Waals surface area contributed by atoms with Gasteiger partial charge >= 0.3 is 0 Å². The molecule has 0 rings (SSSR count). The van der Waals surface area contributed by atoms with Gasteiger partial charge in [-0.15, -0.1) is 0 Å². The highest BCUT2D eigenvalue weighted by Gasteiger charge is 1.96. The van der Waals surface area contributed by atoms with E-state index in [-0.39, 0.29) is 5.91 Å². The first-order valence-electron chi connectivity index (χ1n) is 3.23. The van der Waals surface area contributed by atoms with Gasteiger partial charge in [0.2, 0.25) is 5.91 Å². The molecule has 0 aliphatic rings. The van der Waals surface area contributed by atoms with Crippen LogP contribution < -0.4 is 5.48 Å². The van der Waals surface area contributed by atoms with E-state index in [9.17, 15) is 4.79 Å². The lowest BCUT2D eigenvalue weighted by Crippen LogP contribution is -2.17. The van der Waals surface area contributed by atoms with Gasteiger partial charge in [0.15, 0.2) is 0 Å². The number of hydrogen-bond donors (Lipinski definition) is 2. The van der Waals surface area contributed by atoms with E-state index in [4.69, 9.17) is 9.94 Å². The maximum atomic E-state index is 10.4. The minimum Gasteiger partial charge on any atom is -0.385 e. The minimum atomic E-state index is -0.337. The van der Waals surface area contributed by atoms with E-state index in [0.717, 1.165) is 12.8 Å². The predicted molar refractivity (Wildman–Crippen MR) is 35.7 cm³/mol. The van der Waals surface area contributed by atoms with Crippen molar-refractivity contribution < 1.29 is 14.7 Å². The lowest BCUT2D eigenvalue weighted by atomic mass is 10.2. The van der Waals surface area contributed by atoms with Crippen molar-refractivity contribution in [1.29, 1.82) is 0 Å². The van der Waals surface area contributed by atoms with Crippen molar-refractivity contribution in [3.05, 3.63) is 0 Å². The first-order valence-corrected chi connectivity index (χ1v) is 3.23. The number of hydroxylamine groups is 1. The molecule has 0 saturated heterocycles. The lowest BCUT2D eigenvalue weighted by molar-refractivity contribution is -0.129. The van der Waals surface area contributed by atoms with Crippen molar-refractivity contribution >= 4 is 5.91 Å². The Morgan fingerprint density at radius 1 is 1.60 bits per heavy atom. The first kappa shape index (κ1) is 9.39. The van der Waals surface area contributed by atoms with E-state index >= 15 is 0 Å². The van der Waals surface area contributed by atoms with E-state index in [0.29, 0.717) is 13.0 Å². The molecule has 0 saturated carbocycles. The molecule has 10 heavy (non-hydrogen) atoms. The highest BCUT2D eigenvalue weighted by Crippen LogP contribution is 1.94. The SMILES string of the molecule is COCCCCC(=O)NO. The Labute approximate surface area is 60.1 Å². The lowest BCUT2D eigenvalue weighted by Gasteiger charge is -1.97. The number of rotatable bonds is 5. The molecule has 0 fully saturated rings. The third-order valence-corrected chi connectivity index (χ3v) is 1.13. The summed E-state index contributed by atoms with van der Waals surface area (Å²) in [5, 5.41) is 8.06. The Morgan fingerprint density at radius 3 is 2.80 bits per heavy atom. The van der Waals surface area contributed by atoms with Gasteiger partial charge in [0.05, 0.1) is 0 Å². The van der Waals surface area contributed by atoms with E-state index in [1.54, 1.807) is 12.6 Å². The second-order valence-corrected chi connectivity index (χ2v) is 1.98. The van der Waals surface area contributed by atoms with Gasteiger partial charge in [-0.05, 0) is 12.8 Å². The van der Waals surface area contributed by atoms with Crippen LogP contribution in [0.3, 0.4) is 0 Å². The van der Waals surface area contributed by atoms with Gasteiger partial charge in [-0.25, -0.2) is 5.48 Å². The highest BCUT2D eigenvalue weighted by atomic mass is 16.5. The summed E-state index contributed by atoms with van der Waals surface area (Å²) in [6.07, 6.45) is 1.96. The molecule has 0 aromatic rings. The molecule has 60 valence electrons. The van der Waals surface area contributed by atoms with Gasteiger partial charge in [0.25, 0.3) is 0 Å². The molecule has 0 radical (unpaired) electrons. The number of carbonyl (C=O) groups excluding carboxylic acids is 1. The maximum absolute atomic E-state index is 10.4. The maximum Gasteiger partial charge on any atom is 0.243 e. The van der Waals surface area contributed by atoms with Crippen LogP contribution in [0.4, 0.5) is 0 Å². The van der Waals surface area contributed by atoms with Gasteiger partial charge in [-0.2, -0.15) is 0 Å². The quantitative estimate of drug-likeness (QED) is 0.334. The molecule has 1 amide bonds. The van der Waals surface area contributed by atoms with Gasteiger partial charge < -0.3 is 4.74 Å². The van der Waals surface area contributed by atoms with Crippen LogP contribution in [0.1, 0.15) is 19.3 Å². The smallest absolute Gasteiger partial charge is 0.243 e. The summed E-state index contributed by atoms with van der Waals surface area (Å²) < 4.78 is 4.76. The van der Waals surface area contributed by atoms with Crippen LogP contribution in [-0.2, 0) is 9.53 Å². The molecule has 0 aromatic heterocycles. The van der Waals surface area contributed by atoms with E-state index < -0.39 is 0 Å². The number of amides is 1. The van der Waals surface area contributed by atoms with Crippen LogP contribution in [0, 0.1) is 0 Å². The van der Waals surface area contributed by atoms with Crippen molar-refractivity contribution in [3.8, 4) is 0 Å². The van der Waals surface area contributed by atoms with E-state index in [1.165, 1.54) is 0 Å². The predicted octanol–water partition coefficient (Wildman–Crippen LogP) is 0.308. The van der Waals surface area contributed by atoms with E-state index in [2.05, 4.69) is 0 Å². The second-order valence-electron chi connectivity index (χ2n) is 1.98. The molecule has 0 bridgehead atoms. The molecule has 0 atom stereocenters. The Balaban J connectivity index is 2.96. The summed E-state index contributed by atoms with van der Waals surface area (Å²) in [6.45, 7) is 0.665. The Morgan fingerprint density at radius 2 is 2.30 bits per heavy atom. The molecule has 0 unspecified atom stereocenters. The molecular formula is C6H13NO3. The zero-order valence-electron chi connectivity index (χ0n) is 6.09. The molecule has 0 aliphatic heterocycles. The Kier molecular flexibility index (Phi) is 6.11. The first-order chi connectivity index (χ1) is 4.81. The third kappa shape index (κ3) is 5.53. The van der Waals surface area contributed by atoms with Crippen LogP contribution in [0.15, 0.2) is 0 Å². The number of unbranched alkanes of at least 4 members (excludes halogenated alkanes) is 1. The van der Waals surface area contributed by atoms with Crippen molar-refractivity contribution in [1.82, 2.24) is 5.48 Å². The number of methoxy groups -OCH3 is 1. The summed E-state index contributed by atoms with van der Waals surface area (Å²) in [7, 11) is 1.62. The van der Waals surface area contributed by atoms with Gasteiger partial charge in [-0.3, -0.25) is 10.0 Å². The van der Waals surface area contributed by atoms with Gasteiger partial charge in [-0.1, -0.05) is 0 Å². The molecule has 0 spiro atoms. The number of ether oxygens (including phenoxy) is 1. The van der Waals surface area contributed by atoms with Crippen LogP contribution in [-0.4, -0.2) is 24.8 Å². The average Bonchev–Trinajstić information content (AvgIpc) is 1.98. The second kappa shape index (κ2) is 6.51. The standard InChI is InChI=1S/C6H13NO3/c1-10-5-3-2-4-6(8)7-9/h9H,2-5H2,1H3,(H,7,8). The van der Waals surface area contributed by atoms with Crippen molar-refractivity contribution in [2.24, 2.45) is 0 Å². The zero-order valence-corrected chi connectivity index (χ0v) is 6.09. The van der Waals surface area contributed by atoms with Crippen molar-refractivity contribution in [2.45, 2.75) is 19.3 Å². The molecule has 0 aliphatic carbocycles. The summed E-state index contributed by atoms with van der Waals surface area (Å²) >= 11 is 0. The average molecular weight is 147 g/mol. The largest absolute Gasteiger partial charge is 0.385 e. The van der Waals surface area contributed by atoms with Crippen LogP contribution in [0.25, 0.3) is 0 Å². The zero-order chi connectivity index (χ0) is 7.82. The van der Waals surface area contributed by atoms with Gasteiger partial charge in [0, 0.05) is 20.1 Å². The molecule has 0 aromatic carbocycles. The Bertz CT molecular complexity index is 95.0. The van der Waals surface area contributed by atoms with Crippen LogP contribution in [0.2, 0.25) is 0 Å². The third-order valence-electron chi connectivity index (χ3n) is 1.13. The van der Waals surface area contributed by atoms with Crippen LogP contribution in [0.5, 0.6) is 0 Å². The van der Waals surface area contributed by atoms with Gasteiger partial charge in [0.1, 0.15) is 0 Å². The minimum absolute atomic E-state index is 0.337. The molecular weight excluding hydrogens is 134 g/mol. The molecule has 0 heterocycles. The molecule has 4 nitrogen and oxygen atoms in total. The fraction of sp³-hybridized carbons (Fsp3) is 0.833.